The van der Waals surface area contributed by atoms with E-state index in [-0.39, 0.29) is 5.41 Å². The maximum Gasteiger partial charge on any atom is 0.161 e. The molecule has 0 aliphatic carbocycles. The second-order valence-electron chi connectivity index (χ2n) is 6.37. The number of aliphatic imine (C=N–C) groups is 1. The molecule has 3 heteroatoms. The Labute approximate surface area is 121 Å². The molecule has 2 unspecified atom stereocenters. The first-order chi connectivity index (χ1) is 8.86. The van der Waals surface area contributed by atoms with Crippen LogP contribution in [0.1, 0.15) is 46.6 Å². The van der Waals surface area contributed by atoms with E-state index < -0.39 is 0 Å². The summed E-state index contributed by atoms with van der Waals surface area (Å²) in [6, 6.07) is 8.95. The standard InChI is InChI=1S/C16H24N2S/c1-11-10-12(2)19-15(17-11)18-14-9-7-6-8-13(14)16(3,4)5/h6-9,11-12H,10H2,1-5H3,(H,17,18). The summed E-state index contributed by atoms with van der Waals surface area (Å²) >= 11 is 1.84. The van der Waals surface area contributed by atoms with Crippen LogP contribution >= 0.6 is 11.8 Å². The molecule has 2 nitrogen and oxygen atoms in total. The fourth-order valence-electron chi connectivity index (χ4n) is 2.43. The number of benzene rings is 1. The monoisotopic (exact) mass is 276 g/mol. The lowest BCUT2D eigenvalue weighted by atomic mass is 9.86. The van der Waals surface area contributed by atoms with Crippen LogP contribution in [0, 0.1) is 0 Å². The van der Waals surface area contributed by atoms with Crippen LogP contribution in [0.5, 0.6) is 0 Å². The zero-order chi connectivity index (χ0) is 14.0. The normalized spacial score (nSPS) is 23.9. The molecule has 0 spiro atoms. The minimum Gasteiger partial charge on any atom is -0.335 e. The summed E-state index contributed by atoms with van der Waals surface area (Å²) in [5.74, 6) is 0. The average Bonchev–Trinajstić information content (AvgIpc) is 2.26. The predicted molar refractivity (Wildman–Crippen MR) is 87.3 cm³/mol. The van der Waals surface area contributed by atoms with Gasteiger partial charge in [0, 0.05) is 10.9 Å². The van der Waals surface area contributed by atoms with Crippen LogP contribution in [0.15, 0.2) is 29.3 Å². The van der Waals surface area contributed by atoms with E-state index in [1.165, 1.54) is 11.3 Å². The Balaban J connectivity index is 2.25. The Kier molecular flexibility index (Phi) is 4.24. The second-order valence-corrected chi connectivity index (χ2v) is 7.80. The Bertz CT molecular complexity index is 474. The number of nitrogens with one attached hydrogen (secondary N) is 1. The highest BCUT2D eigenvalue weighted by molar-refractivity contribution is 8.14. The number of thioether (sulfide) groups is 1. The predicted octanol–water partition coefficient (Wildman–Crippen LogP) is 4.67. The molecule has 1 N–H and O–H groups in total. The van der Waals surface area contributed by atoms with Gasteiger partial charge in [-0.2, -0.15) is 0 Å². The van der Waals surface area contributed by atoms with E-state index in [4.69, 9.17) is 4.99 Å². The van der Waals surface area contributed by atoms with E-state index in [0.717, 1.165) is 11.6 Å². The van der Waals surface area contributed by atoms with Crippen LogP contribution < -0.4 is 5.32 Å². The minimum absolute atomic E-state index is 0.140. The highest BCUT2D eigenvalue weighted by Crippen LogP contribution is 2.32. The van der Waals surface area contributed by atoms with Gasteiger partial charge in [0.15, 0.2) is 5.17 Å². The number of anilines is 1. The van der Waals surface area contributed by atoms with Crippen molar-refractivity contribution in [3.05, 3.63) is 29.8 Å². The zero-order valence-corrected chi connectivity index (χ0v) is 13.3. The highest BCUT2D eigenvalue weighted by Gasteiger charge is 2.21. The number of hydrogen-bond donors (Lipinski definition) is 1. The Morgan fingerprint density at radius 3 is 2.53 bits per heavy atom. The van der Waals surface area contributed by atoms with E-state index in [9.17, 15) is 0 Å². The summed E-state index contributed by atoms with van der Waals surface area (Å²) in [5, 5.41) is 5.22. The van der Waals surface area contributed by atoms with Gasteiger partial charge in [0.05, 0.1) is 6.04 Å². The molecular weight excluding hydrogens is 252 g/mol. The molecular formula is C16H24N2S. The lowest BCUT2D eigenvalue weighted by Crippen LogP contribution is -2.24. The number of hydrogen-bond acceptors (Lipinski definition) is 3. The number of amidine groups is 1. The van der Waals surface area contributed by atoms with Gasteiger partial charge in [-0.05, 0) is 30.4 Å². The molecule has 2 rings (SSSR count). The van der Waals surface area contributed by atoms with Crippen molar-refractivity contribution in [2.45, 2.75) is 57.7 Å². The molecule has 1 aliphatic heterocycles. The lowest BCUT2D eigenvalue weighted by Gasteiger charge is -2.26. The van der Waals surface area contributed by atoms with E-state index in [2.05, 4.69) is 64.2 Å². The molecule has 0 aromatic heterocycles. The first-order valence-electron chi connectivity index (χ1n) is 6.97. The van der Waals surface area contributed by atoms with Crippen LogP contribution in [0.4, 0.5) is 5.69 Å². The summed E-state index contributed by atoms with van der Waals surface area (Å²) in [4.78, 5) is 4.72. The number of nitrogens with zero attached hydrogens (tertiary/aromatic N) is 1. The Morgan fingerprint density at radius 2 is 1.89 bits per heavy atom. The quantitative estimate of drug-likeness (QED) is 0.806. The molecule has 0 radical (unpaired) electrons. The first-order valence-corrected chi connectivity index (χ1v) is 7.85. The number of rotatable bonds is 1. The molecule has 0 bridgehead atoms. The maximum atomic E-state index is 4.72. The van der Waals surface area contributed by atoms with Gasteiger partial charge in [0.2, 0.25) is 0 Å². The first kappa shape index (κ1) is 14.4. The lowest BCUT2D eigenvalue weighted by molar-refractivity contribution is 0.592. The second kappa shape index (κ2) is 5.58. The molecule has 1 aromatic rings. The van der Waals surface area contributed by atoms with Gasteiger partial charge in [0.1, 0.15) is 0 Å². The molecule has 0 fully saturated rings. The fraction of sp³-hybridized carbons (Fsp3) is 0.562. The molecule has 104 valence electrons. The fourth-order valence-corrected chi connectivity index (χ4v) is 3.59. The molecule has 19 heavy (non-hydrogen) atoms. The van der Waals surface area contributed by atoms with E-state index in [0.29, 0.717) is 11.3 Å². The van der Waals surface area contributed by atoms with Gasteiger partial charge >= 0.3 is 0 Å². The van der Waals surface area contributed by atoms with Crippen LogP contribution in [0.2, 0.25) is 0 Å². The summed E-state index contributed by atoms with van der Waals surface area (Å²) in [6.45, 7) is 11.2. The maximum absolute atomic E-state index is 4.72. The van der Waals surface area contributed by atoms with E-state index in [1.54, 1.807) is 0 Å². The summed E-state index contributed by atoms with van der Waals surface area (Å²) in [6.07, 6.45) is 1.16. The molecule has 0 saturated heterocycles. The largest absolute Gasteiger partial charge is 0.335 e. The Morgan fingerprint density at radius 1 is 1.21 bits per heavy atom. The molecule has 1 aliphatic rings. The van der Waals surface area contributed by atoms with Gasteiger partial charge in [-0.15, -0.1) is 0 Å². The summed E-state index contributed by atoms with van der Waals surface area (Å²) in [5.41, 5.74) is 2.66. The van der Waals surface area contributed by atoms with Crippen LogP contribution in [0.25, 0.3) is 0 Å². The Hall–Kier alpha value is -0.960. The van der Waals surface area contributed by atoms with Crippen LogP contribution in [-0.4, -0.2) is 16.5 Å². The van der Waals surface area contributed by atoms with Crippen molar-refractivity contribution >= 4 is 22.6 Å². The average molecular weight is 276 g/mol. The zero-order valence-electron chi connectivity index (χ0n) is 12.5. The molecule has 0 amide bonds. The van der Waals surface area contributed by atoms with Gasteiger partial charge < -0.3 is 5.32 Å². The highest BCUT2D eigenvalue weighted by atomic mass is 32.2. The summed E-state index contributed by atoms with van der Waals surface area (Å²) < 4.78 is 0. The van der Waals surface area contributed by atoms with E-state index >= 15 is 0 Å². The number of para-hydroxylation sites is 1. The third kappa shape index (κ3) is 3.75. The molecule has 1 aromatic carbocycles. The third-order valence-corrected chi connectivity index (χ3v) is 4.33. The van der Waals surface area contributed by atoms with Gasteiger partial charge in [-0.1, -0.05) is 57.7 Å². The molecule has 2 atom stereocenters. The van der Waals surface area contributed by atoms with Crippen molar-refractivity contribution in [1.29, 1.82) is 0 Å². The van der Waals surface area contributed by atoms with Gasteiger partial charge in [0.25, 0.3) is 0 Å². The van der Waals surface area contributed by atoms with Crippen molar-refractivity contribution in [2.75, 3.05) is 5.32 Å². The van der Waals surface area contributed by atoms with Crippen molar-refractivity contribution in [2.24, 2.45) is 4.99 Å². The van der Waals surface area contributed by atoms with Gasteiger partial charge in [-0.25, -0.2) is 0 Å². The molecule has 1 heterocycles. The van der Waals surface area contributed by atoms with Crippen molar-refractivity contribution < 1.29 is 0 Å². The topological polar surface area (TPSA) is 24.4 Å². The SMILES string of the molecule is CC1CC(C)SC(Nc2ccccc2C(C)(C)C)=N1. The minimum atomic E-state index is 0.140. The third-order valence-electron chi connectivity index (χ3n) is 3.30. The van der Waals surface area contributed by atoms with Crippen LogP contribution in [-0.2, 0) is 5.41 Å². The van der Waals surface area contributed by atoms with Crippen molar-refractivity contribution in [1.82, 2.24) is 0 Å². The van der Waals surface area contributed by atoms with Gasteiger partial charge in [-0.3, -0.25) is 4.99 Å². The smallest absolute Gasteiger partial charge is 0.161 e. The van der Waals surface area contributed by atoms with Crippen LogP contribution in [0.3, 0.4) is 0 Å². The summed E-state index contributed by atoms with van der Waals surface area (Å²) in [7, 11) is 0. The van der Waals surface area contributed by atoms with Crippen molar-refractivity contribution in [3.8, 4) is 0 Å². The van der Waals surface area contributed by atoms with E-state index in [1.807, 2.05) is 11.8 Å². The molecule has 0 saturated carbocycles. The van der Waals surface area contributed by atoms with Crippen molar-refractivity contribution in [3.63, 3.8) is 0 Å².